The van der Waals surface area contributed by atoms with Crippen molar-refractivity contribution < 1.29 is 14.1 Å². The number of rotatable bonds is 5. The van der Waals surface area contributed by atoms with Crippen LogP contribution in [0.25, 0.3) is 11.4 Å². The Kier molecular flexibility index (Phi) is 4.26. The Balaban J connectivity index is 1.52. The molecule has 0 saturated carbocycles. The molecule has 8 nitrogen and oxygen atoms in total. The summed E-state index contributed by atoms with van der Waals surface area (Å²) in [6, 6.07) is 7.75. The summed E-state index contributed by atoms with van der Waals surface area (Å²) in [4.78, 5) is 16.8. The zero-order valence-electron chi connectivity index (χ0n) is 14.6. The second-order valence-corrected chi connectivity index (χ2v) is 6.26. The fourth-order valence-corrected chi connectivity index (χ4v) is 3.29. The Morgan fingerprint density at radius 1 is 1.42 bits per heavy atom. The minimum absolute atomic E-state index is 0.00392. The van der Waals surface area contributed by atoms with Gasteiger partial charge >= 0.3 is 0 Å². The Morgan fingerprint density at radius 2 is 2.31 bits per heavy atom. The number of nitrogens with zero attached hydrogens (tertiary/aromatic N) is 4. The van der Waals surface area contributed by atoms with Crippen molar-refractivity contribution >= 4 is 5.91 Å². The maximum atomic E-state index is 12.4. The molecule has 1 atom stereocenters. The predicted octanol–water partition coefficient (Wildman–Crippen LogP) is 2.03. The molecule has 1 unspecified atom stereocenters. The van der Waals surface area contributed by atoms with Gasteiger partial charge in [-0.05, 0) is 36.1 Å². The average Bonchev–Trinajstić information content (AvgIpc) is 3.35. The van der Waals surface area contributed by atoms with Gasteiger partial charge in [0, 0.05) is 25.9 Å². The van der Waals surface area contributed by atoms with Gasteiger partial charge in [0.15, 0.2) is 0 Å². The van der Waals surface area contributed by atoms with Crippen LogP contribution in [-0.4, -0.2) is 32.9 Å². The van der Waals surface area contributed by atoms with Gasteiger partial charge in [-0.3, -0.25) is 9.48 Å². The highest BCUT2D eigenvalue weighted by molar-refractivity contribution is 5.92. The van der Waals surface area contributed by atoms with Crippen molar-refractivity contribution in [2.24, 2.45) is 7.05 Å². The molecule has 26 heavy (non-hydrogen) atoms. The number of hydrogen-bond donors (Lipinski definition) is 1. The summed E-state index contributed by atoms with van der Waals surface area (Å²) in [6.07, 6.45) is 3.37. The molecule has 3 aromatic rings. The van der Waals surface area contributed by atoms with E-state index in [1.807, 2.05) is 12.1 Å². The number of amides is 1. The molecule has 0 bridgehead atoms. The summed E-state index contributed by atoms with van der Waals surface area (Å²) >= 11 is 0. The van der Waals surface area contributed by atoms with E-state index in [0.29, 0.717) is 24.0 Å². The van der Waals surface area contributed by atoms with Crippen LogP contribution in [0, 0.1) is 0 Å². The monoisotopic (exact) mass is 353 g/mol. The number of methoxy groups -OCH3 is 1. The van der Waals surface area contributed by atoms with Crippen LogP contribution in [0.3, 0.4) is 0 Å². The molecule has 8 heteroatoms. The third-order valence-electron chi connectivity index (χ3n) is 4.57. The number of carbonyl (C=O) groups excluding carboxylic acids is 1. The van der Waals surface area contributed by atoms with Crippen molar-refractivity contribution in [3.05, 3.63) is 53.2 Å². The summed E-state index contributed by atoms with van der Waals surface area (Å²) in [5.74, 6) is 0.876. The van der Waals surface area contributed by atoms with E-state index in [1.165, 1.54) is 5.56 Å². The normalized spacial score (nSPS) is 15.8. The summed E-state index contributed by atoms with van der Waals surface area (Å²) < 4.78 is 11.7. The zero-order valence-corrected chi connectivity index (χ0v) is 14.6. The van der Waals surface area contributed by atoms with E-state index in [9.17, 15) is 4.79 Å². The standard InChI is InChI=1S/C18H19N5O3/c1-23-15(7-8-19-23)18(24)20-14-6-4-11-9-12(3-5-13(11)14)17-21-16(10-25-2)26-22-17/h3,5,7-9,14H,4,6,10H2,1-2H3,(H,20,24). The Hall–Kier alpha value is -3.00. The van der Waals surface area contributed by atoms with Gasteiger partial charge in [0.1, 0.15) is 12.3 Å². The Labute approximate surface area is 150 Å². The number of fused-ring (bicyclic) bond motifs is 1. The smallest absolute Gasteiger partial charge is 0.270 e. The average molecular weight is 353 g/mol. The second kappa shape index (κ2) is 6.72. The zero-order chi connectivity index (χ0) is 18.1. The van der Waals surface area contributed by atoms with Crippen LogP contribution >= 0.6 is 0 Å². The topological polar surface area (TPSA) is 95.1 Å². The molecule has 4 rings (SSSR count). The molecule has 1 aliphatic carbocycles. The summed E-state index contributed by atoms with van der Waals surface area (Å²) in [6.45, 7) is 0.292. The lowest BCUT2D eigenvalue weighted by Crippen LogP contribution is -2.28. The molecular formula is C18H19N5O3. The molecule has 2 heterocycles. The van der Waals surface area contributed by atoms with Gasteiger partial charge in [0.05, 0.1) is 6.04 Å². The molecule has 1 aliphatic rings. The van der Waals surface area contributed by atoms with Crippen molar-refractivity contribution in [1.29, 1.82) is 0 Å². The van der Waals surface area contributed by atoms with E-state index in [0.717, 1.165) is 24.0 Å². The number of nitrogens with one attached hydrogen (secondary N) is 1. The van der Waals surface area contributed by atoms with Gasteiger partial charge < -0.3 is 14.6 Å². The summed E-state index contributed by atoms with van der Waals surface area (Å²) in [5, 5.41) is 11.1. The largest absolute Gasteiger partial charge is 0.375 e. The molecule has 1 N–H and O–H groups in total. The third-order valence-corrected chi connectivity index (χ3v) is 4.57. The van der Waals surface area contributed by atoms with Crippen molar-refractivity contribution in [3.63, 3.8) is 0 Å². The van der Waals surface area contributed by atoms with Gasteiger partial charge in [0.25, 0.3) is 11.8 Å². The van der Waals surface area contributed by atoms with E-state index >= 15 is 0 Å². The molecule has 2 aromatic heterocycles. The number of aromatic nitrogens is 4. The van der Waals surface area contributed by atoms with Crippen LogP contribution in [0.4, 0.5) is 0 Å². The quantitative estimate of drug-likeness (QED) is 0.754. The molecule has 0 aliphatic heterocycles. The lowest BCUT2D eigenvalue weighted by Gasteiger charge is -2.14. The van der Waals surface area contributed by atoms with Crippen LogP contribution < -0.4 is 5.32 Å². The predicted molar refractivity (Wildman–Crippen MR) is 92.2 cm³/mol. The SMILES string of the molecule is COCc1nc(-c2ccc3c(c2)CCC3NC(=O)c2ccnn2C)no1. The van der Waals surface area contributed by atoms with E-state index in [4.69, 9.17) is 9.26 Å². The first-order valence-electron chi connectivity index (χ1n) is 8.39. The first-order chi connectivity index (χ1) is 12.7. The van der Waals surface area contributed by atoms with Crippen molar-refractivity contribution in [2.45, 2.75) is 25.5 Å². The second-order valence-electron chi connectivity index (χ2n) is 6.26. The van der Waals surface area contributed by atoms with Crippen LogP contribution in [0.5, 0.6) is 0 Å². The van der Waals surface area contributed by atoms with E-state index in [1.54, 1.807) is 31.1 Å². The van der Waals surface area contributed by atoms with Crippen molar-refractivity contribution in [2.75, 3.05) is 7.11 Å². The number of ether oxygens (including phenoxy) is 1. The van der Waals surface area contributed by atoms with Gasteiger partial charge in [-0.2, -0.15) is 10.1 Å². The Bertz CT molecular complexity index is 946. The highest BCUT2D eigenvalue weighted by Crippen LogP contribution is 2.33. The molecule has 0 radical (unpaired) electrons. The van der Waals surface area contributed by atoms with Crippen molar-refractivity contribution in [3.8, 4) is 11.4 Å². The molecule has 1 aromatic carbocycles. The Morgan fingerprint density at radius 3 is 3.08 bits per heavy atom. The fourth-order valence-electron chi connectivity index (χ4n) is 3.29. The maximum Gasteiger partial charge on any atom is 0.270 e. The molecule has 134 valence electrons. The maximum absolute atomic E-state index is 12.4. The number of aryl methyl sites for hydroxylation is 2. The van der Waals surface area contributed by atoms with Gasteiger partial charge in [-0.1, -0.05) is 17.3 Å². The van der Waals surface area contributed by atoms with Crippen LogP contribution in [-0.2, 0) is 24.8 Å². The molecule has 0 fully saturated rings. The molecular weight excluding hydrogens is 334 g/mol. The van der Waals surface area contributed by atoms with E-state index in [-0.39, 0.29) is 11.9 Å². The lowest BCUT2D eigenvalue weighted by atomic mass is 10.0. The van der Waals surface area contributed by atoms with Gasteiger partial charge in [0.2, 0.25) is 5.82 Å². The summed E-state index contributed by atoms with van der Waals surface area (Å²) in [5.41, 5.74) is 3.77. The number of hydrogen-bond acceptors (Lipinski definition) is 6. The minimum Gasteiger partial charge on any atom is -0.375 e. The van der Waals surface area contributed by atoms with Gasteiger partial charge in [-0.15, -0.1) is 0 Å². The first-order valence-corrected chi connectivity index (χ1v) is 8.39. The molecule has 0 saturated heterocycles. The van der Waals surface area contributed by atoms with Gasteiger partial charge in [-0.25, -0.2) is 0 Å². The van der Waals surface area contributed by atoms with E-state index < -0.39 is 0 Å². The number of benzene rings is 1. The number of carbonyl (C=O) groups is 1. The summed E-state index contributed by atoms with van der Waals surface area (Å²) in [7, 11) is 3.34. The molecule has 0 spiro atoms. The van der Waals surface area contributed by atoms with Crippen LogP contribution in [0.2, 0.25) is 0 Å². The third kappa shape index (κ3) is 2.99. The van der Waals surface area contributed by atoms with Crippen molar-refractivity contribution in [1.82, 2.24) is 25.2 Å². The minimum atomic E-state index is -0.116. The highest BCUT2D eigenvalue weighted by Gasteiger charge is 2.26. The fraction of sp³-hybridized carbons (Fsp3) is 0.333. The van der Waals surface area contributed by atoms with Crippen LogP contribution in [0.15, 0.2) is 35.0 Å². The highest BCUT2D eigenvalue weighted by atomic mass is 16.5. The van der Waals surface area contributed by atoms with Crippen LogP contribution in [0.1, 0.15) is 40.0 Å². The molecule has 1 amide bonds. The van der Waals surface area contributed by atoms with E-state index in [2.05, 4.69) is 26.6 Å². The first kappa shape index (κ1) is 16.5. The lowest BCUT2D eigenvalue weighted by molar-refractivity contribution is 0.0927.